The quantitative estimate of drug-likeness (QED) is 0.854. The van der Waals surface area contributed by atoms with Crippen LogP contribution in [0.3, 0.4) is 0 Å². The molecule has 0 fully saturated rings. The van der Waals surface area contributed by atoms with Crippen molar-refractivity contribution in [3.63, 3.8) is 0 Å². The third-order valence-corrected chi connectivity index (χ3v) is 3.27. The summed E-state index contributed by atoms with van der Waals surface area (Å²) in [6, 6.07) is 6.18. The zero-order valence-corrected chi connectivity index (χ0v) is 10.5. The standard InChI is InChI=1S/C15H11F2NO2/c16-9-2-4-14(11(17)6-9)20-15-7-10-8(5-12(15)18)1-3-13(10)19/h2,4-7H,1,3,18H2. The summed E-state index contributed by atoms with van der Waals surface area (Å²) in [5.74, 6) is -1.43. The van der Waals surface area contributed by atoms with E-state index < -0.39 is 11.6 Å². The molecule has 5 heteroatoms. The summed E-state index contributed by atoms with van der Waals surface area (Å²) >= 11 is 0. The summed E-state index contributed by atoms with van der Waals surface area (Å²) in [5.41, 5.74) is 7.58. The first-order valence-electron chi connectivity index (χ1n) is 6.13. The number of ketones is 1. The highest BCUT2D eigenvalue weighted by atomic mass is 19.1. The molecule has 2 aromatic carbocycles. The van der Waals surface area contributed by atoms with Gasteiger partial charge in [-0.05, 0) is 36.2 Å². The van der Waals surface area contributed by atoms with Crippen LogP contribution in [0.1, 0.15) is 22.3 Å². The predicted octanol–water partition coefficient (Wildman–Crippen LogP) is 3.47. The fourth-order valence-electron chi connectivity index (χ4n) is 2.26. The molecule has 0 saturated heterocycles. The van der Waals surface area contributed by atoms with Crippen LogP contribution >= 0.6 is 0 Å². The lowest BCUT2D eigenvalue weighted by Crippen LogP contribution is -1.98. The maximum atomic E-state index is 13.5. The molecule has 1 aliphatic carbocycles. The normalized spacial score (nSPS) is 13.4. The number of halogens is 2. The Balaban J connectivity index is 1.99. The van der Waals surface area contributed by atoms with Crippen LogP contribution in [0.2, 0.25) is 0 Å². The van der Waals surface area contributed by atoms with E-state index in [2.05, 4.69) is 0 Å². The minimum atomic E-state index is -0.823. The van der Waals surface area contributed by atoms with E-state index in [-0.39, 0.29) is 17.3 Å². The molecule has 1 aliphatic rings. The van der Waals surface area contributed by atoms with Crippen LogP contribution in [-0.4, -0.2) is 5.78 Å². The lowest BCUT2D eigenvalue weighted by Gasteiger charge is -2.11. The van der Waals surface area contributed by atoms with Gasteiger partial charge in [0.2, 0.25) is 0 Å². The minimum absolute atomic E-state index is 0.0180. The molecule has 0 bridgehead atoms. The van der Waals surface area contributed by atoms with E-state index in [4.69, 9.17) is 10.5 Å². The van der Waals surface area contributed by atoms with Gasteiger partial charge in [0.05, 0.1) is 5.69 Å². The number of aryl methyl sites for hydroxylation is 1. The summed E-state index contributed by atoms with van der Waals surface area (Å²) in [4.78, 5) is 11.7. The Morgan fingerprint density at radius 3 is 2.60 bits per heavy atom. The number of hydrogen-bond acceptors (Lipinski definition) is 3. The van der Waals surface area contributed by atoms with Crippen molar-refractivity contribution in [2.24, 2.45) is 0 Å². The number of rotatable bonds is 2. The van der Waals surface area contributed by atoms with E-state index in [0.29, 0.717) is 24.1 Å². The molecule has 2 N–H and O–H groups in total. The van der Waals surface area contributed by atoms with Gasteiger partial charge >= 0.3 is 0 Å². The summed E-state index contributed by atoms with van der Waals surface area (Å²) in [6.45, 7) is 0. The Bertz CT molecular complexity index is 713. The average Bonchev–Trinajstić information content (AvgIpc) is 2.74. The molecule has 102 valence electrons. The number of hydrogen-bond donors (Lipinski definition) is 1. The van der Waals surface area contributed by atoms with Crippen molar-refractivity contribution in [3.05, 3.63) is 53.1 Å². The van der Waals surface area contributed by atoms with Crippen LogP contribution in [0.5, 0.6) is 11.5 Å². The largest absolute Gasteiger partial charge is 0.452 e. The Hall–Kier alpha value is -2.43. The van der Waals surface area contributed by atoms with Gasteiger partial charge in [-0.3, -0.25) is 4.79 Å². The Kier molecular flexibility index (Phi) is 2.89. The van der Waals surface area contributed by atoms with E-state index in [9.17, 15) is 13.6 Å². The number of Topliss-reactive ketones (excluding diaryl/α,β-unsaturated/α-hetero) is 1. The lowest BCUT2D eigenvalue weighted by molar-refractivity contribution is 0.0994. The molecule has 3 rings (SSSR count). The second kappa shape index (κ2) is 4.59. The van der Waals surface area contributed by atoms with Gasteiger partial charge in [-0.15, -0.1) is 0 Å². The molecule has 0 unspecified atom stereocenters. The van der Waals surface area contributed by atoms with Crippen molar-refractivity contribution in [1.82, 2.24) is 0 Å². The topological polar surface area (TPSA) is 52.3 Å². The highest BCUT2D eigenvalue weighted by Gasteiger charge is 2.22. The molecule has 0 saturated carbocycles. The van der Waals surface area contributed by atoms with Crippen LogP contribution in [-0.2, 0) is 6.42 Å². The number of carbonyl (C=O) groups is 1. The first kappa shape index (κ1) is 12.6. The minimum Gasteiger partial charge on any atom is -0.452 e. The number of carbonyl (C=O) groups excluding carboxylic acids is 1. The maximum absolute atomic E-state index is 13.5. The first-order valence-corrected chi connectivity index (χ1v) is 6.13. The summed E-state index contributed by atoms with van der Waals surface area (Å²) in [6.07, 6.45) is 1.10. The number of anilines is 1. The van der Waals surface area contributed by atoms with Crippen LogP contribution in [0.4, 0.5) is 14.5 Å². The van der Waals surface area contributed by atoms with E-state index in [1.165, 1.54) is 12.1 Å². The SMILES string of the molecule is Nc1cc2c(cc1Oc1ccc(F)cc1F)C(=O)CC2. The van der Waals surface area contributed by atoms with Gasteiger partial charge < -0.3 is 10.5 Å². The first-order chi connectivity index (χ1) is 9.54. The van der Waals surface area contributed by atoms with Crippen molar-refractivity contribution in [2.45, 2.75) is 12.8 Å². The smallest absolute Gasteiger partial charge is 0.168 e. The monoisotopic (exact) mass is 275 g/mol. The highest BCUT2D eigenvalue weighted by Crippen LogP contribution is 2.35. The maximum Gasteiger partial charge on any atom is 0.168 e. The number of ether oxygens (including phenoxy) is 1. The number of benzene rings is 2. The van der Waals surface area contributed by atoms with E-state index >= 15 is 0 Å². The Morgan fingerprint density at radius 1 is 1.05 bits per heavy atom. The van der Waals surface area contributed by atoms with E-state index in [0.717, 1.165) is 17.7 Å². The second-order valence-corrected chi connectivity index (χ2v) is 4.65. The van der Waals surface area contributed by atoms with E-state index in [1.54, 1.807) is 6.07 Å². The molecule has 0 radical (unpaired) electrons. The molecular formula is C15H11F2NO2. The Labute approximate surface area is 114 Å². The third-order valence-electron chi connectivity index (χ3n) is 3.27. The molecule has 0 amide bonds. The molecule has 0 atom stereocenters. The fourth-order valence-corrected chi connectivity index (χ4v) is 2.26. The van der Waals surface area contributed by atoms with Crippen molar-refractivity contribution in [2.75, 3.05) is 5.73 Å². The van der Waals surface area contributed by atoms with Gasteiger partial charge in [0, 0.05) is 18.1 Å². The van der Waals surface area contributed by atoms with E-state index in [1.807, 2.05) is 0 Å². The molecule has 0 aromatic heterocycles. The predicted molar refractivity (Wildman–Crippen MR) is 69.9 cm³/mol. The molecule has 3 nitrogen and oxygen atoms in total. The molecule has 0 heterocycles. The Morgan fingerprint density at radius 2 is 1.85 bits per heavy atom. The van der Waals surface area contributed by atoms with Crippen molar-refractivity contribution in [3.8, 4) is 11.5 Å². The molecule has 2 aromatic rings. The zero-order chi connectivity index (χ0) is 14.3. The third kappa shape index (κ3) is 2.11. The fraction of sp³-hybridized carbons (Fsp3) is 0.133. The molecule has 20 heavy (non-hydrogen) atoms. The lowest BCUT2D eigenvalue weighted by atomic mass is 10.1. The molecule has 0 aliphatic heterocycles. The van der Waals surface area contributed by atoms with Crippen LogP contribution < -0.4 is 10.5 Å². The highest BCUT2D eigenvalue weighted by molar-refractivity contribution is 6.01. The number of nitrogens with two attached hydrogens (primary N) is 1. The number of nitrogen functional groups attached to an aromatic ring is 1. The molecular weight excluding hydrogens is 264 g/mol. The molecule has 0 spiro atoms. The van der Waals surface area contributed by atoms with Crippen LogP contribution in [0.15, 0.2) is 30.3 Å². The summed E-state index contributed by atoms with van der Waals surface area (Å²) in [5, 5.41) is 0. The van der Waals surface area contributed by atoms with Gasteiger partial charge in [0.15, 0.2) is 23.1 Å². The second-order valence-electron chi connectivity index (χ2n) is 4.65. The van der Waals surface area contributed by atoms with Gasteiger partial charge in [0.1, 0.15) is 5.82 Å². The number of fused-ring (bicyclic) bond motifs is 1. The van der Waals surface area contributed by atoms with Gasteiger partial charge in [-0.2, -0.15) is 0 Å². The summed E-state index contributed by atoms with van der Waals surface area (Å²) < 4.78 is 31.7. The van der Waals surface area contributed by atoms with Crippen LogP contribution in [0.25, 0.3) is 0 Å². The van der Waals surface area contributed by atoms with Crippen LogP contribution in [0, 0.1) is 11.6 Å². The van der Waals surface area contributed by atoms with Gasteiger partial charge in [-0.1, -0.05) is 0 Å². The van der Waals surface area contributed by atoms with Crippen molar-refractivity contribution in [1.29, 1.82) is 0 Å². The van der Waals surface area contributed by atoms with Gasteiger partial charge in [0.25, 0.3) is 0 Å². The van der Waals surface area contributed by atoms with Crippen molar-refractivity contribution < 1.29 is 18.3 Å². The van der Waals surface area contributed by atoms with Gasteiger partial charge in [-0.25, -0.2) is 8.78 Å². The average molecular weight is 275 g/mol. The van der Waals surface area contributed by atoms with Crippen molar-refractivity contribution >= 4 is 11.5 Å². The zero-order valence-electron chi connectivity index (χ0n) is 10.5. The summed E-state index contributed by atoms with van der Waals surface area (Å²) in [7, 11) is 0.